The molecule has 1 aromatic rings. The molecule has 2 aliphatic heterocycles. The zero-order chi connectivity index (χ0) is 23.8. The molecule has 178 valence electrons. The van der Waals surface area contributed by atoms with E-state index in [1.165, 1.54) is 18.9 Å². The molecule has 2 saturated heterocycles. The van der Waals surface area contributed by atoms with Crippen molar-refractivity contribution >= 4 is 52.2 Å². The molecule has 0 radical (unpaired) electrons. The lowest BCUT2D eigenvalue weighted by molar-refractivity contribution is -0.127. The Hall–Kier alpha value is -2.27. The van der Waals surface area contributed by atoms with Crippen LogP contribution in [-0.2, 0) is 14.3 Å². The van der Waals surface area contributed by atoms with E-state index >= 15 is 0 Å². The average Bonchev–Trinajstić information content (AvgIpc) is 3.07. The van der Waals surface area contributed by atoms with E-state index in [-0.39, 0.29) is 11.8 Å². The molecule has 0 atom stereocenters. The number of benzene rings is 1. The van der Waals surface area contributed by atoms with Crippen LogP contribution in [-0.4, -0.2) is 83.8 Å². The van der Waals surface area contributed by atoms with E-state index in [0.29, 0.717) is 27.8 Å². The van der Waals surface area contributed by atoms with Crippen LogP contribution in [0.4, 0.5) is 0 Å². The van der Waals surface area contributed by atoms with Crippen LogP contribution in [0, 0.1) is 0 Å². The second-order valence-electron chi connectivity index (χ2n) is 8.08. The standard InChI is InChI=1S/C23H30N4O4S2/c1-25-12-14-26(15-13-25)24-20(28)6-4-3-5-11-27-21(29)19(33-23(27)32)16-17-7-9-18(10-8-17)22(30)31-2/h7-10,16H,3-6,11-15H2,1-2H3,(H,24,28). The lowest BCUT2D eigenvalue weighted by atomic mass is 10.1. The molecular weight excluding hydrogens is 460 g/mol. The van der Waals surface area contributed by atoms with Gasteiger partial charge in [-0.1, -0.05) is 42.5 Å². The minimum Gasteiger partial charge on any atom is -0.465 e. The molecule has 33 heavy (non-hydrogen) atoms. The summed E-state index contributed by atoms with van der Waals surface area (Å²) in [5, 5.41) is 1.98. The number of piperazine rings is 1. The van der Waals surface area contributed by atoms with E-state index in [1.807, 2.05) is 5.01 Å². The summed E-state index contributed by atoms with van der Waals surface area (Å²) in [5.74, 6) is -0.453. The second kappa shape index (κ2) is 12.3. The Morgan fingerprint density at radius 2 is 1.82 bits per heavy atom. The van der Waals surface area contributed by atoms with Gasteiger partial charge in [-0.25, -0.2) is 9.80 Å². The fraction of sp³-hybridized carbons (Fsp3) is 0.478. The van der Waals surface area contributed by atoms with Crippen molar-refractivity contribution in [2.24, 2.45) is 0 Å². The molecule has 0 saturated carbocycles. The predicted molar refractivity (Wildman–Crippen MR) is 133 cm³/mol. The molecule has 2 heterocycles. The molecule has 1 aromatic carbocycles. The van der Waals surface area contributed by atoms with Gasteiger partial charge in [-0.15, -0.1) is 0 Å². The number of nitrogens with one attached hydrogen (secondary N) is 1. The van der Waals surface area contributed by atoms with Gasteiger partial charge in [-0.05, 0) is 43.7 Å². The number of hydrazine groups is 1. The van der Waals surface area contributed by atoms with E-state index in [2.05, 4.69) is 17.4 Å². The number of carbonyl (C=O) groups excluding carboxylic acids is 3. The molecule has 0 aliphatic carbocycles. The molecule has 0 bridgehead atoms. The Kier molecular flexibility index (Phi) is 9.42. The van der Waals surface area contributed by atoms with E-state index < -0.39 is 5.97 Å². The third-order valence-electron chi connectivity index (χ3n) is 5.57. The van der Waals surface area contributed by atoms with Crippen LogP contribution in [0.15, 0.2) is 29.2 Å². The van der Waals surface area contributed by atoms with Gasteiger partial charge < -0.3 is 9.64 Å². The Labute approximate surface area is 204 Å². The molecule has 10 heteroatoms. The van der Waals surface area contributed by atoms with Crippen molar-refractivity contribution in [3.63, 3.8) is 0 Å². The zero-order valence-electron chi connectivity index (χ0n) is 19.0. The quantitative estimate of drug-likeness (QED) is 0.245. The average molecular weight is 491 g/mol. The van der Waals surface area contributed by atoms with Crippen molar-refractivity contribution in [1.29, 1.82) is 0 Å². The molecule has 0 spiro atoms. The smallest absolute Gasteiger partial charge is 0.337 e. The number of carbonyl (C=O) groups is 3. The lowest BCUT2D eigenvalue weighted by Gasteiger charge is -2.32. The first-order valence-corrected chi connectivity index (χ1v) is 12.3. The summed E-state index contributed by atoms with van der Waals surface area (Å²) in [7, 11) is 3.42. The molecule has 2 fully saturated rings. The fourth-order valence-electron chi connectivity index (χ4n) is 3.56. The number of amides is 2. The lowest BCUT2D eigenvalue weighted by Crippen LogP contribution is -2.52. The number of hydrogen-bond acceptors (Lipinski definition) is 8. The number of esters is 1. The van der Waals surface area contributed by atoms with Gasteiger partial charge in [-0.3, -0.25) is 19.9 Å². The van der Waals surface area contributed by atoms with Crippen molar-refractivity contribution in [3.8, 4) is 0 Å². The zero-order valence-corrected chi connectivity index (χ0v) is 20.7. The van der Waals surface area contributed by atoms with Crippen molar-refractivity contribution in [1.82, 2.24) is 20.2 Å². The molecular formula is C23H30N4O4S2. The van der Waals surface area contributed by atoms with Crippen molar-refractivity contribution in [2.45, 2.75) is 25.7 Å². The van der Waals surface area contributed by atoms with Crippen LogP contribution in [0.1, 0.15) is 41.6 Å². The second-order valence-corrected chi connectivity index (χ2v) is 9.76. The number of thiocarbonyl (C=S) groups is 1. The molecule has 0 unspecified atom stereocenters. The maximum absolute atomic E-state index is 12.8. The van der Waals surface area contributed by atoms with Crippen molar-refractivity contribution in [2.75, 3.05) is 46.9 Å². The summed E-state index contributed by atoms with van der Waals surface area (Å²) < 4.78 is 5.24. The van der Waals surface area contributed by atoms with Crippen molar-refractivity contribution in [3.05, 3.63) is 40.3 Å². The molecule has 3 rings (SSSR count). The first-order valence-electron chi connectivity index (χ1n) is 11.0. The van der Waals surface area contributed by atoms with E-state index in [4.69, 9.17) is 17.0 Å². The number of hydrogen-bond donors (Lipinski definition) is 1. The van der Waals surface area contributed by atoms with Crippen LogP contribution < -0.4 is 5.43 Å². The number of nitrogens with zero attached hydrogens (tertiary/aromatic N) is 3. The van der Waals surface area contributed by atoms with E-state index in [0.717, 1.165) is 51.0 Å². The summed E-state index contributed by atoms with van der Waals surface area (Å²) in [6.45, 7) is 4.15. The first kappa shape index (κ1) is 25.4. The summed E-state index contributed by atoms with van der Waals surface area (Å²) in [5.41, 5.74) is 4.25. The van der Waals surface area contributed by atoms with Crippen LogP contribution >= 0.6 is 24.0 Å². The number of rotatable bonds is 9. The minimum absolute atomic E-state index is 0.0475. The summed E-state index contributed by atoms with van der Waals surface area (Å²) >= 11 is 6.68. The van der Waals surface area contributed by atoms with Crippen LogP contribution in [0.3, 0.4) is 0 Å². The largest absolute Gasteiger partial charge is 0.465 e. The predicted octanol–water partition coefficient (Wildman–Crippen LogP) is 2.51. The topological polar surface area (TPSA) is 82.2 Å². The maximum atomic E-state index is 12.8. The fourth-order valence-corrected chi connectivity index (χ4v) is 4.87. The third kappa shape index (κ3) is 7.36. The van der Waals surface area contributed by atoms with Gasteiger partial charge in [0.05, 0.1) is 17.6 Å². The number of ether oxygens (including phenoxy) is 1. The van der Waals surface area contributed by atoms with Crippen LogP contribution in [0.2, 0.25) is 0 Å². The highest BCUT2D eigenvalue weighted by molar-refractivity contribution is 8.26. The molecule has 2 amide bonds. The summed E-state index contributed by atoms with van der Waals surface area (Å²) in [6.07, 6.45) is 4.67. The molecule has 8 nitrogen and oxygen atoms in total. The molecule has 1 N–H and O–H groups in total. The minimum atomic E-state index is -0.398. The summed E-state index contributed by atoms with van der Waals surface area (Å²) in [4.78, 5) is 40.9. The monoisotopic (exact) mass is 490 g/mol. The Morgan fingerprint density at radius 3 is 2.48 bits per heavy atom. The third-order valence-corrected chi connectivity index (χ3v) is 6.95. The molecule has 2 aliphatic rings. The van der Waals surface area contributed by atoms with E-state index in [1.54, 1.807) is 35.2 Å². The normalized spacial score (nSPS) is 18.7. The van der Waals surface area contributed by atoms with Gasteiger partial charge in [0.15, 0.2) is 0 Å². The van der Waals surface area contributed by atoms with Gasteiger partial charge >= 0.3 is 5.97 Å². The first-order chi connectivity index (χ1) is 15.9. The van der Waals surface area contributed by atoms with Crippen LogP contribution in [0.25, 0.3) is 6.08 Å². The Bertz CT molecular complexity index is 912. The highest BCUT2D eigenvalue weighted by atomic mass is 32.2. The van der Waals surface area contributed by atoms with Gasteiger partial charge in [0, 0.05) is 39.1 Å². The van der Waals surface area contributed by atoms with Gasteiger partial charge in [0.25, 0.3) is 5.91 Å². The highest BCUT2D eigenvalue weighted by Crippen LogP contribution is 2.32. The SMILES string of the molecule is COC(=O)c1ccc(C=C2SC(=S)N(CCCCCC(=O)NN3CCN(C)CC3)C2=O)cc1. The van der Waals surface area contributed by atoms with Crippen molar-refractivity contribution < 1.29 is 19.1 Å². The number of thioether (sulfide) groups is 1. The van der Waals surface area contributed by atoms with Gasteiger partial charge in [-0.2, -0.15) is 0 Å². The van der Waals surface area contributed by atoms with Crippen LogP contribution in [0.5, 0.6) is 0 Å². The molecule has 0 aromatic heterocycles. The van der Waals surface area contributed by atoms with Gasteiger partial charge in [0.2, 0.25) is 5.91 Å². The summed E-state index contributed by atoms with van der Waals surface area (Å²) in [6, 6.07) is 6.87. The Morgan fingerprint density at radius 1 is 1.12 bits per heavy atom. The maximum Gasteiger partial charge on any atom is 0.337 e. The highest BCUT2D eigenvalue weighted by Gasteiger charge is 2.31. The number of methoxy groups -OCH3 is 1. The number of likely N-dealkylation sites (N-methyl/N-ethyl adjacent to an activating group) is 1. The number of unbranched alkanes of at least 4 members (excludes halogenated alkanes) is 2. The Balaban J connectivity index is 1.39. The van der Waals surface area contributed by atoms with E-state index in [9.17, 15) is 14.4 Å². The van der Waals surface area contributed by atoms with Gasteiger partial charge in [0.1, 0.15) is 4.32 Å².